The summed E-state index contributed by atoms with van der Waals surface area (Å²) in [6.07, 6.45) is 2.39. The average molecular weight is 505 g/mol. The van der Waals surface area contributed by atoms with E-state index in [9.17, 15) is 9.90 Å². The van der Waals surface area contributed by atoms with E-state index in [0.29, 0.717) is 41.6 Å². The second kappa shape index (κ2) is 11.7. The van der Waals surface area contributed by atoms with Crippen LogP contribution in [0, 0.1) is 0 Å². The first kappa shape index (κ1) is 25.9. The van der Waals surface area contributed by atoms with E-state index < -0.39 is 6.04 Å². The van der Waals surface area contributed by atoms with Crippen LogP contribution >= 0.6 is 0 Å². The van der Waals surface area contributed by atoms with E-state index in [1.807, 2.05) is 55.6 Å². The van der Waals surface area contributed by atoms with Gasteiger partial charge in [0.1, 0.15) is 5.75 Å². The standard InChI is InChI=1S/C29H32N2O6/c1-5-37-25-11-10-18(19-14-26(34-2)28(36-4)27(15-19)35-3)13-23(25)29(33)31-21(17-32)12-20-16-30-24-9-7-6-8-22(20)24/h6-11,13-16,21,30,32H,5,12,17H2,1-4H3,(H,31,33)/t21-/m1/s1. The van der Waals surface area contributed by atoms with Crippen LogP contribution in [0.3, 0.4) is 0 Å². The van der Waals surface area contributed by atoms with Gasteiger partial charge >= 0.3 is 0 Å². The van der Waals surface area contributed by atoms with Gasteiger partial charge in [-0.05, 0) is 60.4 Å². The molecule has 1 aromatic heterocycles. The summed E-state index contributed by atoms with van der Waals surface area (Å²) in [6.45, 7) is 2.06. The predicted octanol–water partition coefficient (Wildman–Crippen LogP) is 4.59. The van der Waals surface area contributed by atoms with Crippen molar-refractivity contribution in [3.05, 3.63) is 71.9 Å². The number of aliphatic hydroxyl groups excluding tert-OH is 1. The molecule has 8 heteroatoms. The number of H-pyrrole nitrogens is 1. The Hall–Kier alpha value is -4.17. The van der Waals surface area contributed by atoms with Crippen LogP contribution < -0.4 is 24.3 Å². The van der Waals surface area contributed by atoms with Crippen molar-refractivity contribution in [2.24, 2.45) is 0 Å². The van der Waals surface area contributed by atoms with Crippen LogP contribution in [0.25, 0.3) is 22.0 Å². The molecule has 4 aromatic rings. The molecule has 1 amide bonds. The Morgan fingerprint density at radius 1 is 0.946 bits per heavy atom. The van der Waals surface area contributed by atoms with Gasteiger partial charge in [0.05, 0.1) is 46.1 Å². The van der Waals surface area contributed by atoms with Crippen LogP contribution in [-0.2, 0) is 6.42 Å². The number of aliphatic hydroxyl groups is 1. The molecule has 4 rings (SSSR count). The lowest BCUT2D eigenvalue weighted by Crippen LogP contribution is -2.39. The van der Waals surface area contributed by atoms with E-state index in [1.54, 1.807) is 33.5 Å². The van der Waals surface area contributed by atoms with Crippen LogP contribution in [0.5, 0.6) is 23.0 Å². The minimum absolute atomic E-state index is 0.207. The highest BCUT2D eigenvalue weighted by atomic mass is 16.5. The maximum atomic E-state index is 13.5. The molecule has 0 aliphatic carbocycles. The molecule has 0 spiro atoms. The summed E-state index contributed by atoms with van der Waals surface area (Å²) in [5.41, 5.74) is 3.95. The van der Waals surface area contributed by atoms with Crippen LogP contribution in [0.2, 0.25) is 0 Å². The number of carbonyl (C=O) groups excluding carboxylic acids is 1. The number of amides is 1. The molecule has 37 heavy (non-hydrogen) atoms. The summed E-state index contributed by atoms with van der Waals surface area (Å²) in [5.74, 6) is 1.63. The lowest BCUT2D eigenvalue weighted by molar-refractivity contribution is 0.0913. The highest BCUT2D eigenvalue weighted by Crippen LogP contribution is 2.41. The molecule has 3 N–H and O–H groups in total. The Morgan fingerprint density at radius 2 is 1.68 bits per heavy atom. The SMILES string of the molecule is CCOc1ccc(-c2cc(OC)c(OC)c(OC)c2)cc1C(=O)N[C@@H](CO)Cc1c[nH]c2ccccc12. The molecule has 0 radical (unpaired) electrons. The van der Waals surface area contributed by atoms with Crippen LogP contribution in [0.4, 0.5) is 0 Å². The van der Waals surface area contributed by atoms with Crippen LogP contribution in [0.1, 0.15) is 22.8 Å². The minimum atomic E-state index is -0.481. The van der Waals surface area contributed by atoms with Gasteiger partial charge in [0.25, 0.3) is 5.91 Å². The number of aromatic nitrogens is 1. The molecule has 1 atom stereocenters. The number of nitrogens with one attached hydrogen (secondary N) is 2. The van der Waals surface area contributed by atoms with E-state index in [1.165, 1.54) is 0 Å². The average Bonchev–Trinajstić information content (AvgIpc) is 3.34. The Morgan fingerprint density at radius 3 is 2.32 bits per heavy atom. The number of hydrogen-bond donors (Lipinski definition) is 3. The molecule has 1 heterocycles. The summed E-state index contributed by atoms with van der Waals surface area (Å²) in [5, 5.41) is 14.1. The maximum absolute atomic E-state index is 13.5. The van der Waals surface area contributed by atoms with E-state index in [-0.39, 0.29) is 12.5 Å². The Bertz CT molecular complexity index is 1360. The molecule has 8 nitrogen and oxygen atoms in total. The highest BCUT2D eigenvalue weighted by molar-refractivity contribution is 5.98. The fraction of sp³-hybridized carbons (Fsp3) is 0.276. The van der Waals surface area contributed by atoms with Gasteiger partial charge in [-0.2, -0.15) is 0 Å². The number of fused-ring (bicyclic) bond motifs is 1. The molecule has 0 bridgehead atoms. The second-order valence-corrected chi connectivity index (χ2v) is 8.47. The van der Waals surface area contributed by atoms with Crippen LogP contribution in [0.15, 0.2) is 60.8 Å². The van der Waals surface area contributed by atoms with Crippen molar-refractivity contribution in [2.45, 2.75) is 19.4 Å². The molecular formula is C29H32N2O6. The minimum Gasteiger partial charge on any atom is -0.493 e. The number of ether oxygens (including phenoxy) is 4. The molecule has 0 aliphatic heterocycles. The van der Waals surface area contributed by atoms with Gasteiger partial charge in [0.2, 0.25) is 5.75 Å². The molecule has 0 aliphatic rings. The normalized spacial score (nSPS) is 11.7. The summed E-state index contributed by atoms with van der Waals surface area (Å²) in [7, 11) is 4.66. The highest BCUT2D eigenvalue weighted by Gasteiger charge is 2.21. The quantitative estimate of drug-likeness (QED) is 0.276. The zero-order valence-electron chi connectivity index (χ0n) is 21.5. The van der Waals surface area contributed by atoms with E-state index >= 15 is 0 Å². The topological polar surface area (TPSA) is 102 Å². The van der Waals surface area contributed by atoms with Gasteiger partial charge in [0, 0.05) is 17.1 Å². The van der Waals surface area contributed by atoms with Crippen molar-refractivity contribution >= 4 is 16.8 Å². The first-order chi connectivity index (χ1) is 18.0. The van der Waals surface area contributed by atoms with Crippen molar-refractivity contribution in [2.75, 3.05) is 34.5 Å². The summed E-state index contributed by atoms with van der Waals surface area (Å²) < 4.78 is 22.2. The Labute approximate surface area is 216 Å². The van der Waals surface area contributed by atoms with Crippen molar-refractivity contribution in [1.29, 1.82) is 0 Å². The second-order valence-electron chi connectivity index (χ2n) is 8.47. The fourth-order valence-electron chi connectivity index (χ4n) is 4.41. The maximum Gasteiger partial charge on any atom is 0.255 e. The largest absolute Gasteiger partial charge is 0.493 e. The van der Waals surface area contributed by atoms with Gasteiger partial charge in [-0.3, -0.25) is 4.79 Å². The predicted molar refractivity (Wildman–Crippen MR) is 143 cm³/mol. The van der Waals surface area contributed by atoms with Gasteiger partial charge in [-0.1, -0.05) is 24.3 Å². The van der Waals surface area contributed by atoms with Crippen LogP contribution in [-0.4, -0.2) is 56.6 Å². The molecular weight excluding hydrogens is 472 g/mol. The molecule has 3 aromatic carbocycles. The first-order valence-corrected chi connectivity index (χ1v) is 12.1. The number of para-hydroxylation sites is 1. The van der Waals surface area contributed by atoms with Crippen molar-refractivity contribution in [1.82, 2.24) is 10.3 Å². The molecule has 0 saturated heterocycles. The zero-order valence-corrected chi connectivity index (χ0v) is 21.5. The van der Waals surface area contributed by atoms with E-state index in [0.717, 1.165) is 27.6 Å². The number of hydrogen-bond acceptors (Lipinski definition) is 6. The number of aromatic amines is 1. The molecule has 0 unspecified atom stereocenters. The molecule has 194 valence electrons. The number of rotatable bonds is 11. The summed E-state index contributed by atoms with van der Waals surface area (Å²) in [4.78, 5) is 16.7. The van der Waals surface area contributed by atoms with Crippen molar-refractivity contribution in [3.63, 3.8) is 0 Å². The van der Waals surface area contributed by atoms with Gasteiger partial charge in [-0.15, -0.1) is 0 Å². The zero-order chi connectivity index (χ0) is 26.4. The van der Waals surface area contributed by atoms with E-state index in [2.05, 4.69) is 10.3 Å². The van der Waals surface area contributed by atoms with E-state index in [4.69, 9.17) is 18.9 Å². The summed E-state index contributed by atoms with van der Waals surface area (Å²) >= 11 is 0. The van der Waals surface area contributed by atoms with Gasteiger partial charge in [0.15, 0.2) is 11.5 Å². The monoisotopic (exact) mass is 504 g/mol. The fourth-order valence-corrected chi connectivity index (χ4v) is 4.41. The lowest BCUT2D eigenvalue weighted by atomic mass is 10.00. The first-order valence-electron chi connectivity index (χ1n) is 12.1. The molecule has 0 fully saturated rings. The Balaban J connectivity index is 1.65. The van der Waals surface area contributed by atoms with Gasteiger partial charge < -0.3 is 34.4 Å². The van der Waals surface area contributed by atoms with Gasteiger partial charge in [-0.25, -0.2) is 0 Å². The lowest BCUT2D eigenvalue weighted by Gasteiger charge is -2.19. The number of carbonyl (C=O) groups is 1. The Kier molecular flexibility index (Phi) is 8.20. The summed E-state index contributed by atoms with van der Waals surface area (Å²) in [6, 6.07) is 16.5. The van der Waals surface area contributed by atoms with Crippen molar-refractivity contribution < 1.29 is 28.8 Å². The van der Waals surface area contributed by atoms with Crippen molar-refractivity contribution in [3.8, 4) is 34.1 Å². The third-order valence-corrected chi connectivity index (χ3v) is 6.22. The molecule has 0 saturated carbocycles. The third kappa shape index (κ3) is 5.49. The third-order valence-electron chi connectivity index (χ3n) is 6.22. The smallest absolute Gasteiger partial charge is 0.255 e. The number of benzene rings is 3. The number of methoxy groups -OCH3 is 3.